The van der Waals surface area contributed by atoms with Gasteiger partial charge in [-0.05, 0) is 31.4 Å². The van der Waals surface area contributed by atoms with Gasteiger partial charge in [-0.15, -0.1) is 10.2 Å². The number of hydrogen-bond acceptors (Lipinski definition) is 5. The van der Waals surface area contributed by atoms with Crippen LogP contribution in [0.5, 0.6) is 0 Å². The summed E-state index contributed by atoms with van der Waals surface area (Å²) in [5, 5.41) is 17.8. The second-order valence-electron chi connectivity index (χ2n) is 7.10. The zero-order valence-electron chi connectivity index (χ0n) is 14.5. The molecule has 7 heteroatoms. The van der Waals surface area contributed by atoms with E-state index in [0.29, 0.717) is 19.7 Å². The maximum atomic E-state index is 11.0. The van der Waals surface area contributed by atoms with E-state index >= 15 is 0 Å². The Morgan fingerprint density at radius 1 is 1.32 bits per heavy atom. The fraction of sp³-hybridized carbons (Fsp3) is 0.500. The highest BCUT2D eigenvalue weighted by molar-refractivity contribution is 5.69. The molecule has 0 radical (unpaired) electrons. The van der Waals surface area contributed by atoms with Crippen LogP contribution in [0.4, 0.5) is 0 Å². The van der Waals surface area contributed by atoms with Gasteiger partial charge in [0, 0.05) is 18.7 Å². The summed E-state index contributed by atoms with van der Waals surface area (Å²) in [5.74, 6) is 0.905. The number of carbonyl (C=O) groups is 1. The standard InChI is InChI=1S/C18H22N4O3/c1-12-4-3-5-14(13(12)2)17-20-19-15-9-25-18(11-22(15)17)6-7-21(10-18)8-16(23)24/h3-5H,6-11H2,1-2H3,(H,23,24). The van der Waals surface area contributed by atoms with E-state index in [1.165, 1.54) is 11.1 Å². The molecule has 1 aromatic carbocycles. The van der Waals surface area contributed by atoms with Crippen molar-refractivity contribution in [1.82, 2.24) is 19.7 Å². The summed E-state index contributed by atoms with van der Waals surface area (Å²) in [4.78, 5) is 12.9. The van der Waals surface area contributed by atoms with Gasteiger partial charge in [0.25, 0.3) is 0 Å². The van der Waals surface area contributed by atoms with Crippen molar-refractivity contribution in [3.8, 4) is 11.4 Å². The molecule has 1 saturated heterocycles. The van der Waals surface area contributed by atoms with E-state index < -0.39 is 5.97 Å². The molecule has 1 aromatic heterocycles. The lowest BCUT2D eigenvalue weighted by Gasteiger charge is -2.34. The predicted molar refractivity (Wildman–Crippen MR) is 91.1 cm³/mol. The number of carboxylic acid groups (broad SMARTS) is 1. The summed E-state index contributed by atoms with van der Waals surface area (Å²) < 4.78 is 8.26. The zero-order valence-corrected chi connectivity index (χ0v) is 14.5. The molecule has 0 bridgehead atoms. The van der Waals surface area contributed by atoms with Gasteiger partial charge in [0.05, 0.1) is 13.1 Å². The van der Waals surface area contributed by atoms with Crippen molar-refractivity contribution in [1.29, 1.82) is 0 Å². The third-order valence-electron chi connectivity index (χ3n) is 5.38. The van der Waals surface area contributed by atoms with Crippen molar-refractivity contribution in [2.24, 2.45) is 0 Å². The van der Waals surface area contributed by atoms with E-state index in [2.05, 4.69) is 40.7 Å². The van der Waals surface area contributed by atoms with Crippen LogP contribution in [0, 0.1) is 13.8 Å². The summed E-state index contributed by atoms with van der Waals surface area (Å²) >= 11 is 0. The minimum atomic E-state index is -0.797. The molecule has 2 aliphatic heterocycles. The maximum absolute atomic E-state index is 11.0. The fourth-order valence-corrected chi connectivity index (χ4v) is 3.85. The molecule has 1 spiro atoms. The summed E-state index contributed by atoms with van der Waals surface area (Å²) in [5.41, 5.74) is 3.18. The Bertz CT molecular complexity index is 832. The first-order valence-corrected chi connectivity index (χ1v) is 8.54. The van der Waals surface area contributed by atoms with Crippen LogP contribution in [0.3, 0.4) is 0 Å². The van der Waals surface area contributed by atoms with Crippen LogP contribution in [0.25, 0.3) is 11.4 Å². The number of rotatable bonds is 3. The Kier molecular flexibility index (Phi) is 3.85. The van der Waals surface area contributed by atoms with Crippen LogP contribution in [0.15, 0.2) is 18.2 Å². The third-order valence-corrected chi connectivity index (χ3v) is 5.38. The van der Waals surface area contributed by atoms with E-state index in [1.807, 2.05) is 11.0 Å². The number of hydrogen-bond donors (Lipinski definition) is 1. The molecule has 0 saturated carbocycles. The van der Waals surface area contributed by atoms with Gasteiger partial charge in [0.2, 0.25) is 0 Å². The summed E-state index contributed by atoms with van der Waals surface area (Å²) in [6, 6.07) is 6.21. The normalized spacial score (nSPS) is 23.1. The van der Waals surface area contributed by atoms with Crippen molar-refractivity contribution in [3.63, 3.8) is 0 Å². The number of nitrogens with zero attached hydrogens (tertiary/aromatic N) is 4. The second kappa shape index (κ2) is 5.93. The number of aromatic nitrogens is 3. The Balaban J connectivity index is 1.65. The van der Waals surface area contributed by atoms with Crippen LogP contribution >= 0.6 is 0 Å². The molecule has 0 aliphatic carbocycles. The van der Waals surface area contributed by atoms with Crippen LogP contribution < -0.4 is 0 Å². The Labute approximate surface area is 146 Å². The highest BCUT2D eigenvalue weighted by atomic mass is 16.5. The Hall–Kier alpha value is -2.25. The molecule has 7 nitrogen and oxygen atoms in total. The van der Waals surface area contributed by atoms with Gasteiger partial charge in [-0.1, -0.05) is 18.2 Å². The number of aliphatic carboxylic acids is 1. The van der Waals surface area contributed by atoms with E-state index in [4.69, 9.17) is 9.84 Å². The first-order valence-electron chi connectivity index (χ1n) is 8.54. The molecular formula is C18H22N4O3. The minimum Gasteiger partial charge on any atom is -0.480 e. The molecule has 1 atom stereocenters. The fourth-order valence-electron chi connectivity index (χ4n) is 3.85. The van der Waals surface area contributed by atoms with E-state index in [1.54, 1.807) is 0 Å². The van der Waals surface area contributed by atoms with Crippen molar-refractivity contribution in [3.05, 3.63) is 35.2 Å². The highest BCUT2D eigenvalue weighted by Gasteiger charge is 2.43. The summed E-state index contributed by atoms with van der Waals surface area (Å²) in [6.45, 7) is 6.70. The molecule has 1 N–H and O–H groups in total. The average Bonchev–Trinajstić information content (AvgIpc) is 3.14. The zero-order chi connectivity index (χ0) is 17.6. The molecule has 1 unspecified atom stereocenters. The van der Waals surface area contributed by atoms with Gasteiger partial charge < -0.3 is 14.4 Å². The van der Waals surface area contributed by atoms with E-state index in [9.17, 15) is 4.79 Å². The topological polar surface area (TPSA) is 80.5 Å². The SMILES string of the molecule is Cc1cccc(-c2nnc3n2CC2(CCN(CC(=O)O)C2)OC3)c1C. The molecule has 1 fully saturated rings. The lowest BCUT2D eigenvalue weighted by atomic mass is 10.00. The second-order valence-corrected chi connectivity index (χ2v) is 7.10. The van der Waals surface area contributed by atoms with Crippen molar-refractivity contribution in [2.45, 2.75) is 39.0 Å². The van der Waals surface area contributed by atoms with Crippen LogP contribution in [-0.2, 0) is 22.7 Å². The highest BCUT2D eigenvalue weighted by Crippen LogP contribution is 2.35. The smallest absolute Gasteiger partial charge is 0.317 e. The number of carboxylic acids is 1. The Morgan fingerprint density at radius 2 is 2.16 bits per heavy atom. The van der Waals surface area contributed by atoms with E-state index in [0.717, 1.165) is 30.2 Å². The maximum Gasteiger partial charge on any atom is 0.317 e. The molecular weight excluding hydrogens is 320 g/mol. The van der Waals surface area contributed by atoms with Gasteiger partial charge in [-0.3, -0.25) is 9.69 Å². The van der Waals surface area contributed by atoms with Gasteiger partial charge in [-0.2, -0.15) is 0 Å². The largest absolute Gasteiger partial charge is 0.480 e. The van der Waals surface area contributed by atoms with Crippen LogP contribution in [0.1, 0.15) is 23.4 Å². The molecule has 132 valence electrons. The molecule has 0 amide bonds. The average molecular weight is 342 g/mol. The van der Waals surface area contributed by atoms with Crippen LogP contribution in [0.2, 0.25) is 0 Å². The number of benzene rings is 1. The van der Waals surface area contributed by atoms with Gasteiger partial charge in [0.15, 0.2) is 11.6 Å². The van der Waals surface area contributed by atoms with Crippen molar-refractivity contribution < 1.29 is 14.6 Å². The molecule has 2 aromatic rings. The van der Waals surface area contributed by atoms with Crippen LogP contribution in [-0.4, -0.2) is 56.0 Å². The van der Waals surface area contributed by atoms with Gasteiger partial charge in [-0.25, -0.2) is 0 Å². The quantitative estimate of drug-likeness (QED) is 0.913. The predicted octanol–water partition coefficient (Wildman–Crippen LogP) is 1.62. The first-order chi connectivity index (χ1) is 12.0. The molecule has 4 rings (SSSR count). The monoisotopic (exact) mass is 342 g/mol. The van der Waals surface area contributed by atoms with Crippen molar-refractivity contribution in [2.75, 3.05) is 19.6 Å². The minimum absolute atomic E-state index is 0.0595. The molecule has 3 heterocycles. The lowest BCUT2D eigenvalue weighted by molar-refractivity contribution is -0.138. The Morgan fingerprint density at radius 3 is 2.96 bits per heavy atom. The summed E-state index contributed by atoms with van der Waals surface area (Å²) in [6.07, 6.45) is 0.824. The van der Waals surface area contributed by atoms with Gasteiger partial charge in [0.1, 0.15) is 12.2 Å². The van der Waals surface area contributed by atoms with E-state index in [-0.39, 0.29) is 12.1 Å². The summed E-state index contributed by atoms with van der Waals surface area (Å²) in [7, 11) is 0. The number of aryl methyl sites for hydroxylation is 1. The molecule has 25 heavy (non-hydrogen) atoms. The first kappa shape index (κ1) is 16.2. The number of likely N-dealkylation sites (tertiary alicyclic amines) is 1. The number of fused-ring (bicyclic) bond motifs is 1. The number of ether oxygens (including phenoxy) is 1. The lowest BCUT2D eigenvalue weighted by Crippen LogP contribution is -2.44. The third kappa shape index (κ3) is 2.83. The van der Waals surface area contributed by atoms with Gasteiger partial charge >= 0.3 is 5.97 Å². The molecule has 2 aliphatic rings. The van der Waals surface area contributed by atoms with Crippen molar-refractivity contribution >= 4 is 5.97 Å².